The van der Waals surface area contributed by atoms with Gasteiger partial charge in [0.2, 0.25) is 0 Å². The maximum Gasteiger partial charge on any atom is 0.274 e. The van der Waals surface area contributed by atoms with Crippen LogP contribution in [0.15, 0.2) is 42.7 Å². The molecule has 3 heterocycles. The fourth-order valence-corrected chi connectivity index (χ4v) is 3.42. The van der Waals surface area contributed by atoms with Crippen molar-refractivity contribution in [1.29, 1.82) is 0 Å². The van der Waals surface area contributed by atoms with Crippen molar-refractivity contribution in [2.24, 2.45) is 0 Å². The SMILES string of the molecule is CCNc1cccnc1C(=O)N1CCN(C(=O)c2ccc3cn[nH]c3c2)CC1. The van der Waals surface area contributed by atoms with Crippen molar-refractivity contribution in [2.75, 3.05) is 38.0 Å². The first-order valence-electron chi connectivity index (χ1n) is 9.38. The minimum Gasteiger partial charge on any atom is -0.383 e. The first-order chi connectivity index (χ1) is 13.7. The maximum atomic E-state index is 12.9. The van der Waals surface area contributed by atoms with Gasteiger partial charge in [-0.3, -0.25) is 14.7 Å². The van der Waals surface area contributed by atoms with E-state index in [-0.39, 0.29) is 11.8 Å². The van der Waals surface area contributed by atoms with Gasteiger partial charge in [0.15, 0.2) is 5.69 Å². The molecule has 28 heavy (non-hydrogen) atoms. The van der Waals surface area contributed by atoms with Crippen LogP contribution >= 0.6 is 0 Å². The lowest BCUT2D eigenvalue weighted by molar-refractivity contribution is 0.0533. The van der Waals surface area contributed by atoms with Crippen molar-refractivity contribution < 1.29 is 9.59 Å². The van der Waals surface area contributed by atoms with Gasteiger partial charge in [-0.2, -0.15) is 5.10 Å². The first kappa shape index (κ1) is 18.0. The number of hydrogen-bond acceptors (Lipinski definition) is 5. The molecule has 8 heteroatoms. The lowest BCUT2D eigenvalue weighted by atomic mass is 10.1. The summed E-state index contributed by atoms with van der Waals surface area (Å²) in [5.41, 5.74) is 2.62. The quantitative estimate of drug-likeness (QED) is 0.724. The Morgan fingerprint density at radius 3 is 2.61 bits per heavy atom. The number of nitrogens with zero attached hydrogens (tertiary/aromatic N) is 4. The predicted octanol–water partition coefficient (Wildman–Crippen LogP) is 1.99. The summed E-state index contributed by atoms with van der Waals surface area (Å²) in [5.74, 6) is -0.141. The topological polar surface area (TPSA) is 94.2 Å². The number of aromatic nitrogens is 3. The molecule has 8 nitrogen and oxygen atoms in total. The predicted molar refractivity (Wildman–Crippen MR) is 106 cm³/mol. The Morgan fingerprint density at radius 1 is 1.11 bits per heavy atom. The van der Waals surface area contributed by atoms with Crippen molar-refractivity contribution >= 4 is 28.4 Å². The van der Waals surface area contributed by atoms with Crippen LogP contribution in [0.5, 0.6) is 0 Å². The third-order valence-electron chi connectivity index (χ3n) is 4.92. The minimum atomic E-state index is -0.109. The molecule has 1 aliphatic rings. The Bertz CT molecular complexity index is 1010. The summed E-state index contributed by atoms with van der Waals surface area (Å²) in [4.78, 5) is 33.5. The van der Waals surface area contributed by atoms with Crippen molar-refractivity contribution in [3.8, 4) is 0 Å². The van der Waals surface area contributed by atoms with Gasteiger partial charge in [0.25, 0.3) is 11.8 Å². The number of amides is 2. The number of anilines is 1. The summed E-state index contributed by atoms with van der Waals surface area (Å²) >= 11 is 0. The lowest BCUT2D eigenvalue weighted by Gasteiger charge is -2.34. The number of carbonyl (C=O) groups is 2. The van der Waals surface area contributed by atoms with Gasteiger partial charge in [0.1, 0.15) is 0 Å². The maximum absolute atomic E-state index is 12.9. The van der Waals surface area contributed by atoms with E-state index in [1.165, 1.54) is 0 Å². The summed E-state index contributed by atoms with van der Waals surface area (Å²) in [7, 11) is 0. The number of benzene rings is 1. The molecule has 3 aromatic rings. The van der Waals surface area contributed by atoms with Crippen LogP contribution in [0, 0.1) is 0 Å². The number of fused-ring (bicyclic) bond motifs is 1. The highest BCUT2D eigenvalue weighted by Crippen LogP contribution is 2.18. The van der Waals surface area contributed by atoms with Crippen molar-refractivity contribution in [1.82, 2.24) is 25.0 Å². The van der Waals surface area contributed by atoms with E-state index in [1.54, 1.807) is 22.2 Å². The molecule has 1 saturated heterocycles. The van der Waals surface area contributed by atoms with Crippen LogP contribution in [0.4, 0.5) is 5.69 Å². The largest absolute Gasteiger partial charge is 0.383 e. The van der Waals surface area contributed by atoms with Crippen LogP contribution < -0.4 is 5.32 Å². The highest BCUT2D eigenvalue weighted by atomic mass is 16.2. The third kappa shape index (κ3) is 3.40. The van der Waals surface area contributed by atoms with Crippen LogP contribution in [0.2, 0.25) is 0 Å². The zero-order chi connectivity index (χ0) is 19.5. The summed E-state index contributed by atoms with van der Waals surface area (Å²) in [6, 6.07) is 9.18. The molecule has 0 saturated carbocycles. The van der Waals surface area contributed by atoms with Crippen LogP contribution in [-0.2, 0) is 0 Å². The standard InChI is InChI=1S/C20H22N6O2/c1-2-21-16-4-3-7-22-18(16)20(28)26-10-8-25(9-11-26)19(27)14-5-6-15-13-23-24-17(15)12-14/h3-7,12-13,21H,2,8-11H2,1H3,(H,23,24). The molecule has 0 radical (unpaired) electrons. The van der Waals surface area contributed by atoms with Gasteiger partial charge in [0.05, 0.1) is 17.4 Å². The second-order valence-electron chi connectivity index (χ2n) is 6.69. The zero-order valence-corrected chi connectivity index (χ0v) is 15.7. The highest BCUT2D eigenvalue weighted by molar-refractivity contribution is 5.99. The number of hydrogen-bond donors (Lipinski definition) is 2. The summed E-state index contributed by atoms with van der Waals surface area (Å²) in [6.45, 7) is 4.66. The van der Waals surface area contributed by atoms with Crippen LogP contribution in [0.1, 0.15) is 27.8 Å². The molecule has 0 aliphatic carbocycles. The Kier molecular flexibility index (Phi) is 4.92. The Morgan fingerprint density at radius 2 is 1.86 bits per heavy atom. The van der Waals surface area contributed by atoms with Crippen molar-refractivity contribution in [2.45, 2.75) is 6.92 Å². The van der Waals surface area contributed by atoms with Gasteiger partial charge in [-0.15, -0.1) is 0 Å². The fourth-order valence-electron chi connectivity index (χ4n) is 3.42. The van der Waals surface area contributed by atoms with Gasteiger partial charge >= 0.3 is 0 Å². The van der Waals surface area contributed by atoms with E-state index in [4.69, 9.17) is 0 Å². The van der Waals surface area contributed by atoms with Gasteiger partial charge < -0.3 is 15.1 Å². The number of piperazine rings is 1. The second kappa shape index (κ2) is 7.67. The fraction of sp³-hybridized carbons (Fsp3) is 0.300. The normalized spacial score (nSPS) is 14.3. The van der Waals surface area contributed by atoms with E-state index in [2.05, 4.69) is 20.5 Å². The minimum absolute atomic E-state index is 0.0326. The molecule has 2 amide bonds. The average molecular weight is 378 g/mol. The molecule has 1 fully saturated rings. The Hall–Kier alpha value is -3.42. The van der Waals surface area contributed by atoms with Gasteiger partial charge in [-0.25, -0.2) is 4.98 Å². The van der Waals surface area contributed by atoms with E-state index in [9.17, 15) is 9.59 Å². The summed E-state index contributed by atoms with van der Waals surface area (Å²) < 4.78 is 0. The summed E-state index contributed by atoms with van der Waals surface area (Å²) in [5, 5.41) is 11.0. The Balaban J connectivity index is 1.43. The molecule has 4 rings (SSSR count). The summed E-state index contributed by atoms with van der Waals surface area (Å²) in [6.07, 6.45) is 3.35. The first-order valence-corrected chi connectivity index (χ1v) is 9.38. The number of nitrogens with one attached hydrogen (secondary N) is 2. The number of H-pyrrole nitrogens is 1. The van der Waals surface area contributed by atoms with Gasteiger partial charge in [-0.1, -0.05) is 6.07 Å². The highest BCUT2D eigenvalue weighted by Gasteiger charge is 2.27. The molecule has 1 aromatic carbocycles. The van der Waals surface area contributed by atoms with E-state index < -0.39 is 0 Å². The third-order valence-corrected chi connectivity index (χ3v) is 4.92. The molecule has 0 atom stereocenters. The van der Waals surface area contributed by atoms with E-state index in [0.717, 1.165) is 23.1 Å². The molecule has 2 aromatic heterocycles. The van der Waals surface area contributed by atoms with Crippen molar-refractivity contribution in [3.05, 3.63) is 54.0 Å². The molecular formula is C20H22N6O2. The number of carbonyl (C=O) groups excluding carboxylic acids is 2. The van der Waals surface area contributed by atoms with Crippen LogP contribution in [-0.4, -0.2) is 69.5 Å². The number of rotatable bonds is 4. The smallest absolute Gasteiger partial charge is 0.274 e. The Labute approximate surface area is 162 Å². The molecule has 0 spiro atoms. The van der Waals surface area contributed by atoms with Crippen LogP contribution in [0.3, 0.4) is 0 Å². The monoisotopic (exact) mass is 378 g/mol. The molecule has 2 N–H and O–H groups in total. The van der Waals surface area contributed by atoms with E-state index in [0.29, 0.717) is 37.4 Å². The average Bonchev–Trinajstić information content (AvgIpc) is 3.21. The lowest BCUT2D eigenvalue weighted by Crippen LogP contribution is -2.50. The van der Waals surface area contributed by atoms with E-state index >= 15 is 0 Å². The molecular weight excluding hydrogens is 356 g/mol. The van der Waals surface area contributed by atoms with E-state index in [1.807, 2.05) is 37.3 Å². The zero-order valence-electron chi connectivity index (χ0n) is 15.7. The molecule has 0 unspecified atom stereocenters. The molecule has 0 bridgehead atoms. The van der Waals surface area contributed by atoms with Crippen LogP contribution in [0.25, 0.3) is 10.9 Å². The van der Waals surface area contributed by atoms with Gasteiger partial charge in [-0.05, 0) is 31.2 Å². The second-order valence-corrected chi connectivity index (χ2v) is 6.69. The van der Waals surface area contributed by atoms with Crippen molar-refractivity contribution in [3.63, 3.8) is 0 Å². The van der Waals surface area contributed by atoms with Gasteiger partial charge in [0, 0.05) is 49.9 Å². The molecule has 1 aliphatic heterocycles. The number of pyridine rings is 1. The molecule has 144 valence electrons. The number of aromatic amines is 1.